The zero-order valence-electron chi connectivity index (χ0n) is 17.5. The first kappa shape index (κ1) is 22.4. The summed E-state index contributed by atoms with van der Waals surface area (Å²) in [6.45, 7) is 5.50. The summed E-state index contributed by atoms with van der Waals surface area (Å²) in [4.78, 5) is 10.2. The predicted octanol–water partition coefficient (Wildman–Crippen LogP) is 2.97. The average molecular weight is 445 g/mol. The van der Waals surface area contributed by atoms with E-state index in [2.05, 4.69) is 5.10 Å². The van der Waals surface area contributed by atoms with Crippen LogP contribution in [-0.4, -0.2) is 40.9 Å². The molecule has 1 atom stereocenters. The Kier molecular flexibility index (Phi) is 6.42. The standard InChI is InChI=1S/C21H24N4O5S/c1-15-4-6-18(7-5-15)24(14-20(26)13-23-17(3)12-16(2)22-23)31(29,30)21-10-8-19(9-11-21)25(27)28/h4-12,20,26H,13-14H2,1-3H3. The van der Waals surface area contributed by atoms with Gasteiger partial charge in [0.15, 0.2) is 0 Å². The van der Waals surface area contributed by atoms with E-state index in [1.807, 2.05) is 26.8 Å². The molecule has 0 aliphatic rings. The molecule has 0 saturated carbocycles. The van der Waals surface area contributed by atoms with Crippen LogP contribution in [0.3, 0.4) is 0 Å². The number of aromatic nitrogens is 2. The fraction of sp³-hybridized carbons (Fsp3) is 0.286. The summed E-state index contributed by atoms with van der Waals surface area (Å²) >= 11 is 0. The fourth-order valence-electron chi connectivity index (χ4n) is 3.23. The van der Waals surface area contributed by atoms with Crippen molar-refractivity contribution in [2.45, 2.75) is 38.3 Å². The molecule has 0 amide bonds. The number of hydrogen-bond acceptors (Lipinski definition) is 6. The Labute approximate surface area is 180 Å². The Morgan fingerprint density at radius 2 is 1.71 bits per heavy atom. The minimum atomic E-state index is -4.08. The van der Waals surface area contributed by atoms with Crippen molar-refractivity contribution in [2.24, 2.45) is 0 Å². The monoisotopic (exact) mass is 444 g/mol. The molecular formula is C21H24N4O5S. The van der Waals surface area contributed by atoms with Crippen LogP contribution in [0.2, 0.25) is 0 Å². The zero-order valence-corrected chi connectivity index (χ0v) is 18.3. The van der Waals surface area contributed by atoms with Crippen LogP contribution in [-0.2, 0) is 16.6 Å². The molecule has 1 heterocycles. The highest BCUT2D eigenvalue weighted by Crippen LogP contribution is 2.26. The second kappa shape index (κ2) is 8.86. The van der Waals surface area contributed by atoms with Crippen molar-refractivity contribution in [2.75, 3.05) is 10.8 Å². The van der Waals surface area contributed by atoms with Gasteiger partial charge in [0.25, 0.3) is 15.7 Å². The topological polar surface area (TPSA) is 119 Å². The molecule has 0 spiro atoms. The van der Waals surface area contributed by atoms with Gasteiger partial charge >= 0.3 is 0 Å². The summed E-state index contributed by atoms with van der Waals surface area (Å²) in [5.74, 6) is 0. The molecule has 0 radical (unpaired) electrons. The number of hydrogen-bond donors (Lipinski definition) is 1. The molecular weight excluding hydrogens is 420 g/mol. The van der Waals surface area contributed by atoms with Gasteiger partial charge in [-0.25, -0.2) is 8.42 Å². The number of nitro groups is 1. The summed E-state index contributed by atoms with van der Waals surface area (Å²) in [6, 6.07) is 13.4. The number of aliphatic hydroxyl groups excluding tert-OH is 1. The number of sulfonamides is 1. The van der Waals surface area contributed by atoms with Crippen LogP contribution in [0.5, 0.6) is 0 Å². The fourth-order valence-corrected chi connectivity index (χ4v) is 4.73. The van der Waals surface area contributed by atoms with Crippen molar-refractivity contribution in [3.63, 3.8) is 0 Å². The molecule has 0 fully saturated rings. The van der Waals surface area contributed by atoms with E-state index >= 15 is 0 Å². The highest BCUT2D eigenvalue weighted by molar-refractivity contribution is 7.92. The number of non-ortho nitro benzene ring substituents is 1. The number of rotatable bonds is 8. The van der Waals surface area contributed by atoms with Gasteiger partial charge in [-0.2, -0.15) is 5.10 Å². The average Bonchev–Trinajstić information content (AvgIpc) is 3.03. The van der Waals surface area contributed by atoms with Crippen molar-refractivity contribution in [3.8, 4) is 0 Å². The molecule has 1 aromatic heterocycles. The van der Waals surface area contributed by atoms with E-state index in [9.17, 15) is 23.6 Å². The maximum absolute atomic E-state index is 13.4. The molecule has 0 bridgehead atoms. The van der Waals surface area contributed by atoms with Crippen molar-refractivity contribution in [1.29, 1.82) is 0 Å². The number of nitrogens with zero attached hydrogens (tertiary/aromatic N) is 4. The number of benzene rings is 2. The minimum absolute atomic E-state index is 0.100. The number of aliphatic hydroxyl groups is 1. The van der Waals surface area contributed by atoms with Crippen molar-refractivity contribution >= 4 is 21.4 Å². The summed E-state index contributed by atoms with van der Waals surface area (Å²) in [5.41, 5.74) is 2.80. The van der Waals surface area contributed by atoms with Crippen molar-refractivity contribution in [1.82, 2.24) is 9.78 Å². The summed E-state index contributed by atoms with van der Waals surface area (Å²) in [7, 11) is -4.08. The van der Waals surface area contributed by atoms with Crippen LogP contribution < -0.4 is 4.31 Å². The van der Waals surface area contributed by atoms with Crippen LogP contribution >= 0.6 is 0 Å². The molecule has 10 heteroatoms. The first-order chi connectivity index (χ1) is 14.6. The third-order valence-corrected chi connectivity index (χ3v) is 6.63. The van der Waals surface area contributed by atoms with Crippen LogP contribution in [0.1, 0.15) is 17.0 Å². The van der Waals surface area contributed by atoms with E-state index in [0.717, 1.165) is 33.4 Å². The third-order valence-electron chi connectivity index (χ3n) is 4.82. The van der Waals surface area contributed by atoms with Gasteiger partial charge in [0.05, 0.1) is 40.4 Å². The molecule has 1 unspecified atom stereocenters. The summed E-state index contributed by atoms with van der Waals surface area (Å²) in [5, 5.41) is 25.9. The number of nitro benzene ring substituents is 1. The van der Waals surface area contributed by atoms with E-state index in [0.29, 0.717) is 5.69 Å². The van der Waals surface area contributed by atoms with Gasteiger partial charge in [-0.15, -0.1) is 0 Å². The van der Waals surface area contributed by atoms with Crippen molar-refractivity contribution < 1.29 is 18.4 Å². The van der Waals surface area contributed by atoms with Gasteiger partial charge in [-0.1, -0.05) is 17.7 Å². The highest BCUT2D eigenvalue weighted by atomic mass is 32.2. The second-order valence-electron chi connectivity index (χ2n) is 7.39. The highest BCUT2D eigenvalue weighted by Gasteiger charge is 2.28. The third kappa shape index (κ3) is 5.09. The largest absolute Gasteiger partial charge is 0.389 e. The summed E-state index contributed by atoms with van der Waals surface area (Å²) in [6.07, 6.45) is -1.04. The maximum Gasteiger partial charge on any atom is 0.269 e. The number of aryl methyl sites for hydroxylation is 3. The van der Waals surface area contributed by atoms with E-state index in [-0.39, 0.29) is 23.7 Å². The van der Waals surface area contributed by atoms with Crippen LogP contribution in [0, 0.1) is 30.9 Å². The quantitative estimate of drug-likeness (QED) is 0.421. The molecule has 9 nitrogen and oxygen atoms in total. The zero-order chi connectivity index (χ0) is 22.8. The Balaban J connectivity index is 1.94. The summed E-state index contributed by atoms with van der Waals surface area (Å²) < 4.78 is 29.5. The SMILES string of the molecule is Cc1ccc(N(CC(O)Cn2nc(C)cc2C)S(=O)(=O)c2ccc([N+](=O)[O-])cc2)cc1. The predicted molar refractivity (Wildman–Crippen MR) is 117 cm³/mol. The van der Waals surface area contributed by atoms with E-state index < -0.39 is 21.1 Å². The molecule has 31 heavy (non-hydrogen) atoms. The van der Waals surface area contributed by atoms with Gasteiger partial charge in [0.1, 0.15) is 0 Å². The van der Waals surface area contributed by atoms with Gasteiger partial charge in [0, 0.05) is 17.8 Å². The first-order valence-corrected chi connectivity index (χ1v) is 11.0. The van der Waals surface area contributed by atoms with Gasteiger partial charge < -0.3 is 5.11 Å². The Hall–Kier alpha value is -3.24. The Bertz CT molecular complexity index is 1170. The second-order valence-corrected chi connectivity index (χ2v) is 9.25. The molecule has 0 saturated heterocycles. The number of anilines is 1. The Morgan fingerprint density at radius 3 is 2.23 bits per heavy atom. The van der Waals surface area contributed by atoms with Crippen LogP contribution in [0.4, 0.5) is 11.4 Å². The van der Waals surface area contributed by atoms with Gasteiger partial charge in [0.2, 0.25) is 0 Å². The molecule has 3 rings (SSSR count). The lowest BCUT2D eigenvalue weighted by molar-refractivity contribution is -0.384. The van der Waals surface area contributed by atoms with E-state index in [4.69, 9.17) is 0 Å². The molecule has 3 aromatic rings. The Morgan fingerprint density at radius 1 is 1.10 bits per heavy atom. The molecule has 0 aliphatic heterocycles. The maximum atomic E-state index is 13.4. The first-order valence-electron chi connectivity index (χ1n) is 9.61. The van der Waals surface area contributed by atoms with E-state index in [1.165, 1.54) is 12.1 Å². The molecule has 164 valence electrons. The van der Waals surface area contributed by atoms with E-state index in [1.54, 1.807) is 28.9 Å². The molecule has 1 N–H and O–H groups in total. The lowest BCUT2D eigenvalue weighted by atomic mass is 10.2. The lowest BCUT2D eigenvalue weighted by Gasteiger charge is -2.27. The van der Waals surface area contributed by atoms with Crippen LogP contribution in [0.15, 0.2) is 59.5 Å². The molecule has 2 aromatic carbocycles. The van der Waals surface area contributed by atoms with Gasteiger partial charge in [-0.05, 0) is 51.1 Å². The molecule has 0 aliphatic carbocycles. The minimum Gasteiger partial charge on any atom is -0.389 e. The lowest BCUT2D eigenvalue weighted by Crippen LogP contribution is -2.39. The normalized spacial score (nSPS) is 12.5. The van der Waals surface area contributed by atoms with Crippen molar-refractivity contribution in [3.05, 3.63) is 81.7 Å². The van der Waals surface area contributed by atoms with Crippen LogP contribution in [0.25, 0.3) is 0 Å². The van der Waals surface area contributed by atoms with Gasteiger partial charge in [-0.3, -0.25) is 19.1 Å². The smallest absolute Gasteiger partial charge is 0.269 e.